The van der Waals surface area contributed by atoms with E-state index >= 15 is 0 Å². The van der Waals surface area contributed by atoms with E-state index in [2.05, 4.69) is 19.2 Å². The van der Waals surface area contributed by atoms with E-state index in [9.17, 15) is 9.59 Å². The van der Waals surface area contributed by atoms with Crippen LogP contribution in [0.2, 0.25) is 0 Å². The maximum atomic E-state index is 11.6. The number of quaternary nitrogens is 1. The highest BCUT2D eigenvalue weighted by Gasteiger charge is 2.49. The van der Waals surface area contributed by atoms with Crippen LogP contribution < -0.4 is 44.6 Å². The lowest BCUT2D eigenvalue weighted by atomic mass is 9.88. The molecule has 0 aromatic rings. The highest BCUT2D eigenvalue weighted by atomic mass is 79.9. The minimum absolute atomic E-state index is 0. The lowest BCUT2D eigenvalue weighted by molar-refractivity contribution is -0.613. The molecule has 1 fully saturated rings. The second-order valence-corrected chi connectivity index (χ2v) is 4.40. The van der Waals surface area contributed by atoms with E-state index in [-0.39, 0.29) is 45.9 Å². The fraction of sp³-hybridized carbons (Fsp3) is 0.800. The van der Waals surface area contributed by atoms with Crippen molar-refractivity contribution in [3.8, 4) is 0 Å². The van der Waals surface area contributed by atoms with Crippen molar-refractivity contribution < 1.29 is 48.9 Å². The number of nitrogens with two attached hydrogens (primary N) is 1. The molecule has 96 valence electrons. The van der Waals surface area contributed by atoms with Crippen molar-refractivity contribution in [3.63, 3.8) is 0 Å². The predicted molar refractivity (Wildman–Crippen MR) is 52.6 cm³/mol. The topological polar surface area (TPSA) is 62.8 Å². The number of imide groups is 1. The van der Waals surface area contributed by atoms with Crippen LogP contribution in [0.5, 0.6) is 0 Å². The molecule has 1 aliphatic heterocycles. The molecular formula is C10H19Br2N2O2-. The Balaban J connectivity index is 0. The molecule has 0 saturated carbocycles. The van der Waals surface area contributed by atoms with Crippen LogP contribution in [-0.2, 0) is 4.79 Å². The molecule has 1 rings (SSSR count). The van der Waals surface area contributed by atoms with E-state index in [0.29, 0.717) is 12.3 Å². The minimum Gasteiger partial charge on any atom is -1.00 e. The van der Waals surface area contributed by atoms with Crippen LogP contribution in [0.3, 0.4) is 0 Å². The maximum Gasteiger partial charge on any atom is 0.420 e. The smallest absolute Gasteiger partial charge is 0.420 e. The van der Waals surface area contributed by atoms with Gasteiger partial charge in [0.2, 0.25) is 0 Å². The van der Waals surface area contributed by atoms with Crippen LogP contribution in [0.15, 0.2) is 0 Å². The summed E-state index contributed by atoms with van der Waals surface area (Å²) in [6.07, 6.45) is 2.46. The minimum atomic E-state index is -0.526. The Hall–Kier alpha value is 0.0600. The van der Waals surface area contributed by atoms with Crippen molar-refractivity contribution in [1.82, 2.24) is 5.32 Å². The molecule has 0 spiro atoms. The molecule has 0 bridgehead atoms. The van der Waals surface area contributed by atoms with Crippen molar-refractivity contribution >= 4 is 11.9 Å². The maximum absolute atomic E-state index is 11.6. The van der Waals surface area contributed by atoms with E-state index in [4.69, 9.17) is 0 Å². The zero-order valence-corrected chi connectivity index (χ0v) is 13.0. The first-order chi connectivity index (χ1) is 6.50. The van der Waals surface area contributed by atoms with Crippen molar-refractivity contribution in [2.24, 2.45) is 5.92 Å². The van der Waals surface area contributed by atoms with Crippen LogP contribution in [-0.4, -0.2) is 17.5 Å². The Morgan fingerprint density at radius 3 is 2.19 bits per heavy atom. The molecule has 6 heteroatoms. The molecule has 1 saturated heterocycles. The molecule has 3 N–H and O–H groups in total. The summed E-state index contributed by atoms with van der Waals surface area (Å²) in [5, 5.41) is 3.90. The number of primary amides is 1. The van der Waals surface area contributed by atoms with Gasteiger partial charge in [0.25, 0.3) is 5.91 Å². The number of carbonyl (C=O) groups is 2. The third-order valence-corrected chi connectivity index (χ3v) is 2.90. The van der Waals surface area contributed by atoms with E-state index in [0.717, 1.165) is 12.8 Å². The number of amides is 3. The Morgan fingerprint density at radius 1 is 1.31 bits per heavy atom. The van der Waals surface area contributed by atoms with Gasteiger partial charge in [-0.2, -0.15) is 0 Å². The van der Waals surface area contributed by atoms with E-state index in [1.807, 2.05) is 6.92 Å². The number of nitrogens with one attached hydrogen (secondary N) is 1. The van der Waals surface area contributed by atoms with Gasteiger partial charge in [-0.25, -0.2) is 15.4 Å². The second-order valence-electron chi connectivity index (χ2n) is 4.40. The van der Waals surface area contributed by atoms with Crippen molar-refractivity contribution in [2.75, 3.05) is 0 Å². The van der Waals surface area contributed by atoms with Gasteiger partial charge in [0.05, 0.1) is 0 Å². The Kier molecular flexibility index (Phi) is 8.52. The second kappa shape index (κ2) is 7.40. The summed E-state index contributed by atoms with van der Waals surface area (Å²) >= 11 is 0. The molecule has 1 unspecified atom stereocenters. The van der Waals surface area contributed by atoms with Gasteiger partial charge < -0.3 is 34.0 Å². The quantitative estimate of drug-likeness (QED) is 0.492. The number of rotatable bonds is 4. The third kappa shape index (κ3) is 4.14. The number of urea groups is 1. The third-order valence-electron chi connectivity index (χ3n) is 2.90. The van der Waals surface area contributed by atoms with Crippen LogP contribution >= 0.6 is 0 Å². The van der Waals surface area contributed by atoms with Gasteiger partial charge in [-0.05, 0) is 12.3 Å². The SMILES string of the molecule is CCC1(CCC(C)C)[NH2+]C(=O)NC1=O.[Br-].[Br-]. The summed E-state index contributed by atoms with van der Waals surface area (Å²) in [6.45, 7) is 6.20. The zero-order valence-electron chi connectivity index (χ0n) is 9.85. The summed E-state index contributed by atoms with van der Waals surface area (Å²) in [7, 11) is 0. The lowest BCUT2D eigenvalue weighted by Gasteiger charge is -2.20. The molecule has 0 aromatic carbocycles. The molecule has 0 aliphatic carbocycles. The first kappa shape index (κ1) is 18.4. The highest BCUT2D eigenvalue weighted by molar-refractivity contribution is 6.00. The standard InChI is InChI=1S/C10H18N2O2.2BrH/c1-4-10(6-5-7(2)3)8(13)11-9(14)12-10;;/h7H,4-6H2,1-3H3,(H2,11,12,13,14);2*1H/p-1. The van der Waals surface area contributed by atoms with Crippen molar-refractivity contribution in [1.29, 1.82) is 0 Å². The Morgan fingerprint density at radius 2 is 1.88 bits per heavy atom. The summed E-state index contributed by atoms with van der Waals surface area (Å²) in [5.41, 5.74) is -0.526. The lowest BCUT2D eigenvalue weighted by Crippen LogP contribution is -3.00. The number of halogens is 2. The number of hydrogen-bond acceptors (Lipinski definition) is 2. The first-order valence-electron chi connectivity index (χ1n) is 5.21. The van der Waals surface area contributed by atoms with Crippen molar-refractivity contribution in [2.45, 2.75) is 45.6 Å². The molecule has 3 amide bonds. The zero-order chi connectivity index (χ0) is 10.8. The predicted octanol–water partition coefficient (Wildman–Crippen LogP) is -5.61. The highest BCUT2D eigenvalue weighted by Crippen LogP contribution is 2.18. The Labute approximate surface area is 117 Å². The van der Waals surface area contributed by atoms with Gasteiger partial charge in [0, 0.05) is 12.8 Å². The fourth-order valence-electron chi connectivity index (χ4n) is 1.76. The first-order valence-corrected chi connectivity index (χ1v) is 5.21. The van der Waals surface area contributed by atoms with Gasteiger partial charge in [-0.1, -0.05) is 20.8 Å². The van der Waals surface area contributed by atoms with E-state index in [1.54, 1.807) is 5.32 Å². The number of hydrogen-bond donors (Lipinski definition) is 2. The molecule has 16 heavy (non-hydrogen) atoms. The van der Waals surface area contributed by atoms with Gasteiger partial charge in [0.1, 0.15) is 0 Å². The molecule has 0 aromatic heterocycles. The molecule has 1 aliphatic rings. The monoisotopic (exact) mass is 357 g/mol. The Bertz CT molecular complexity index is 259. The summed E-state index contributed by atoms with van der Waals surface area (Å²) in [4.78, 5) is 22.7. The van der Waals surface area contributed by atoms with Gasteiger partial charge >= 0.3 is 6.03 Å². The largest absolute Gasteiger partial charge is 1.00 e. The van der Waals surface area contributed by atoms with Crippen molar-refractivity contribution in [3.05, 3.63) is 0 Å². The van der Waals surface area contributed by atoms with Crippen LogP contribution in [0.25, 0.3) is 0 Å². The fourth-order valence-corrected chi connectivity index (χ4v) is 1.76. The molecule has 1 atom stereocenters. The average Bonchev–Trinajstić information content (AvgIpc) is 2.38. The van der Waals surface area contributed by atoms with E-state index < -0.39 is 5.54 Å². The van der Waals surface area contributed by atoms with Crippen LogP contribution in [0, 0.1) is 5.92 Å². The molecule has 1 heterocycles. The average molecular weight is 359 g/mol. The van der Waals surface area contributed by atoms with Crippen LogP contribution in [0.1, 0.15) is 40.0 Å². The summed E-state index contributed by atoms with van der Waals surface area (Å²) < 4.78 is 0. The summed E-state index contributed by atoms with van der Waals surface area (Å²) in [6, 6.07) is -0.236. The van der Waals surface area contributed by atoms with Gasteiger partial charge in [-0.3, -0.25) is 4.79 Å². The molecule has 0 radical (unpaired) electrons. The van der Waals surface area contributed by atoms with Gasteiger partial charge in [0.15, 0.2) is 5.54 Å². The summed E-state index contributed by atoms with van der Waals surface area (Å²) in [5.74, 6) is 0.445. The van der Waals surface area contributed by atoms with Crippen LogP contribution in [0.4, 0.5) is 4.79 Å². The van der Waals surface area contributed by atoms with E-state index in [1.165, 1.54) is 0 Å². The van der Waals surface area contributed by atoms with Gasteiger partial charge in [-0.15, -0.1) is 0 Å². The molecular weight excluding hydrogens is 340 g/mol. The number of carbonyl (C=O) groups excluding carboxylic acids is 2. The molecule has 4 nitrogen and oxygen atoms in total. The normalized spacial score (nSPS) is 23.8.